The molecule has 0 amide bonds. The average molecular weight is 285 g/mol. The summed E-state index contributed by atoms with van der Waals surface area (Å²) in [7, 11) is 0. The lowest BCUT2D eigenvalue weighted by Gasteiger charge is -2.20. The summed E-state index contributed by atoms with van der Waals surface area (Å²) in [5.41, 5.74) is 4.57. The molecule has 112 valence electrons. The molecule has 0 saturated heterocycles. The quantitative estimate of drug-likeness (QED) is 0.809. The first-order valence-electron chi connectivity index (χ1n) is 7.65. The molecule has 1 unspecified atom stereocenters. The zero-order valence-electron chi connectivity index (χ0n) is 13.1. The van der Waals surface area contributed by atoms with E-state index < -0.39 is 0 Å². The van der Waals surface area contributed by atoms with Gasteiger partial charge >= 0.3 is 0 Å². The summed E-state index contributed by atoms with van der Waals surface area (Å²) in [5.74, 6) is -0.121. The van der Waals surface area contributed by atoms with E-state index in [1.54, 1.807) is 6.07 Å². The van der Waals surface area contributed by atoms with E-state index in [1.165, 1.54) is 22.8 Å². The molecule has 0 spiro atoms. The topological polar surface area (TPSA) is 12.0 Å². The number of hydrogen-bond acceptors (Lipinski definition) is 1. The predicted molar refractivity (Wildman–Crippen MR) is 87.1 cm³/mol. The fourth-order valence-corrected chi connectivity index (χ4v) is 2.49. The number of nitrogens with one attached hydrogen (secondary N) is 1. The second kappa shape index (κ2) is 7.37. The van der Waals surface area contributed by atoms with Crippen LogP contribution in [0.15, 0.2) is 42.5 Å². The van der Waals surface area contributed by atoms with Gasteiger partial charge in [0, 0.05) is 6.04 Å². The van der Waals surface area contributed by atoms with Crippen LogP contribution in [0, 0.1) is 19.7 Å². The molecule has 0 aliphatic heterocycles. The lowest BCUT2D eigenvalue weighted by atomic mass is 9.95. The first-order chi connectivity index (χ1) is 10.1. The van der Waals surface area contributed by atoms with Gasteiger partial charge in [-0.25, -0.2) is 4.39 Å². The van der Waals surface area contributed by atoms with Crippen molar-refractivity contribution < 1.29 is 4.39 Å². The molecule has 0 saturated carbocycles. The van der Waals surface area contributed by atoms with Gasteiger partial charge in [-0.2, -0.15) is 0 Å². The Bertz CT molecular complexity index is 592. The standard InChI is InChI=1S/C19H24FN/c1-4-11-21-19(13-16-7-5-6-8-18(16)20)17-10-9-14(2)15(3)12-17/h5-10,12,19,21H,4,11,13H2,1-3H3. The van der Waals surface area contributed by atoms with Crippen LogP contribution in [0.4, 0.5) is 4.39 Å². The molecule has 2 heteroatoms. The Kier molecular flexibility index (Phi) is 5.51. The Morgan fingerprint density at radius 2 is 1.81 bits per heavy atom. The summed E-state index contributed by atoms with van der Waals surface area (Å²) in [4.78, 5) is 0. The van der Waals surface area contributed by atoms with Gasteiger partial charge in [0.2, 0.25) is 0 Å². The maximum absolute atomic E-state index is 13.9. The third kappa shape index (κ3) is 4.15. The van der Waals surface area contributed by atoms with Crippen LogP contribution in [0.3, 0.4) is 0 Å². The molecule has 1 N–H and O–H groups in total. The molecule has 1 atom stereocenters. The van der Waals surface area contributed by atoms with Gasteiger partial charge in [-0.15, -0.1) is 0 Å². The molecule has 0 radical (unpaired) electrons. The third-order valence-corrected chi connectivity index (χ3v) is 3.96. The molecule has 0 aliphatic carbocycles. The lowest BCUT2D eigenvalue weighted by Crippen LogP contribution is -2.24. The Morgan fingerprint density at radius 3 is 2.48 bits per heavy atom. The molecule has 2 aromatic carbocycles. The number of aryl methyl sites for hydroxylation is 2. The first kappa shape index (κ1) is 15.7. The molecule has 2 rings (SSSR count). The number of benzene rings is 2. The second-order valence-electron chi connectivity index (χ2n) is 5.65. The third-order valence-electron chi connectivity index (χ3n) is 3.96. The minimum atomic E-state index is -0.121. The van der Waals surface area contributed by atoms with Crippen molar-refractivity contribution in [3.8, 4) is 0 Å². The monoisotopic (exact) mass is 285 g/mol. The zero-order valence-corrected chi connectivity index (χ0v) is 13.1. The lowest BCUT2D eigenvalue weighted by molar-refractivity contribution is 0.513. The van der Waals surface area contributed by atoms with Crippen LogP contribution in [-0.2, 0) is 6.42 Å². The molecule has 0 aromatic heterocycles. The van der Waals surface area contributed by atoms with E-state index in [1.807, 2.05) is 12.1 Å². The molecule has 0 aliphatic rings. The summed E-state index contributed by atoms with van der Waals surface area (Å²) in [6.45, 7) is 7.32. The van der Waals surface area contributed by atoms with E-state index >= 15 is 0 Å². The van der Waals surface area contributed by atoms with Gasteiger partial charge in [-0.1, -0.05) is 43.3 Å². The van der Waals surface area contributed by atoms with Gasteiger partial charge < -0.3 is 5.32 Å². The fourth-order valence-electron chi connectivity index (χ4n) is 2.49. The molecule has 2 aromatic rings. The molecule has 0 fully saturated rings. The Morgan fingerprint density at radius 1 is 1.05 bits per heavy atom. The van der Waals surface area contributed by atoms with Gasteiger partial charge in [0.1, 0.15) is 5.82 Å². The fraction of sp³-hybridized carbons (Fsp3) is 0.368. The van der Waals surface area contributed by atoms with Gasteiger partial charge in [-0.3, -0.25) is 0 Å². The van der Waals surface area contributed by atoms with Crippen molar-refractivity contribution in [1.82, 2.24) is 5.32 Å². The number of halogens is 1. The average Bonchev–Trinajstić information content (AvgIpc) is 2.48. The van der Waals surface area contributed by atoms with Crippen molar-refractivity contribution in [2.24, 2.45) is 0 Å². The van der Waals surface area contributed by atoms with Crippen molar-refractivity contribution >= 4 is 0 Å². The summed E-state index contributed by atoms with van der Waals surface area (Å²) >= 11 is 0. The van der Waals surface area contributed by atoms with Crippen LogP contribution in [0.25, 0.3) is 0 Å². The summed E-state index contributed by atoms with van der Waals surface area (Å²) < 4.78 is 13.9. The van der Waals surface area contributed by atoms with Gasteiger partial charge in [-0.05, 0) is 61.6 Å². The highest BCUT2D eigenvalue weighted by atomic mass is 19.1. The summed E-state index contributed by atoms with van der Waals surface area (Å²) in [5, 5.41) is 3.54. The second-order valence-corrected chi connectivity index (χ2v) is 5.65. The molecule has 1 nitrogen and oxygen atoms in total. The SMILES string of the molecule is CCCNC(Cc1ccccc1F)c1ccc(C)c(C)c1. The highest BCUT2D eigenvalue weighted by Crippen LogP contribution is 2.22. The van der Waals surface area contributed by atoms with Crippen molar-refractivity contribution in [2.75, 3.05) is 6.54 Å². The molecule has 21 heavy (non-hydrogen) atoms. The Balaban J connectivity index is 2.25. The Hall–Kier alpha value is -1.67. The van der Waals surface area contributed by atoms with E-state index in [2.05, 4.69) is 44.3 Å². The number of rotatable bonds is 6. The Labute approximate surface area is 127 Å². The van der Waals surface area contributed by atoms with E-state index in [4.69, 9.17) is 0 Å². The highest BCUT2D eigenvalue weighted by molar-refractivity contribution is 5.33. The maximum atomic E-state index is 13.9. The van der Waals surface area contributed by atoms with Crippen LogP contribution >= 0.6 is 0 Å². The van der Waals surface area contributed by atoms with Crippen molar-refractivity contribution in [1.29, 1.82) is 0 Å². The normalized spacial score (nSPS) is 12.4. The van der Waals surface area contributed by atoms with E-state index in [0.717, 1.165) is 18.5 Å². The van der Waals surface area contributed by atoms with Crippen LogP contribution in [0.5, 0.6) is 0 Å². The minimum Gasteiger partial charge on any atom is -0.310 e. The van der Waals surface area contributed by atoms with Crippen LogP contribution in [0.2, 0.25) is 0 Å². The van der Waals surface area contributed by atoms with Crippen LogP contribution < -0.4 is 5.32 Å². The largest absolute Gasteiger partial charge is 0.310 e. The first-order valence-corrected chi connectivity index (χ1v) is 7.65. The van der Waals surface area contributed by atoms with Crippen molar-refractivity contribution in [3.05, 3.63) is 70.5 Å². The van der Waals surface area contributed by atoms with Crippen molar-refractivity contribution in [2.45, 2.75) is 39.7 Å². The van der Waals surface area contributed by atoms with Gasteiger partial charge in [0.05, 0.1) is 0 Å². The van der Waals surface area contributed by atoms with E-state index in [0.29, 0.717) is 6.42 Å². The van der Waals surface area contributed by atoms with E-state index in [9.17, 15) is 4.39 Å². The zero-order chi connectivity index (χ0) is 15.2. The summed E-state index contributed by atoms with van der Waals surface area (Å²) in [6, 6.07) is 13.7. The number of hydrogen-bond donors (Lipinski definition) is 1. The molecular formula is C19H24FN. The van der Waals surface area contributed by atoms with E-state index in [-0.39, 0.29) is 11.9 Å². The van der Waals surface area contributed by atoms with Crippen LogP contribution in [-0.4, -0.2) is 6.54 Å². The molecular weight excluding hydrogens is 261 g/mol. The predicted octanol–water partition coefficient (Wildman–Crippen LogP) is 4.73. The summed E-state index contributed by atoms with van der Waals surface area (Å²) in [6.07, 6.45) is 1.74. The van der Waals surface area contributed by atoms with Crippen LogP contribution in [0.1, 0.15) is 41.6 Å². The smallest absolute Gasteiger partial charge is 0.126 e. The highest BCUT2D eigenvalue weighted by Gasteiger charge is 2.14. The molecule has 0 heterocycles. The van der Waals surface area contributed by atoms with Gasteiger partial charge in [0.15, 0.2) is 0 Å². The van der Waals surface area contributed by atoms with Crippen molar-refractivity contribution in [3.63, 3.8) is 0 Å². The maximum Gasteiger partial charge on any atom is 0.126 e. The molecule has 0 bridgehead atoms. The minimum absolute atomic E-state index is 0.121. The van der Waals surface area contributed by atoms with Gasteiger partial charge in [0.25, 0.3) is 0 Å².